The van der Waals surface area contributed by atoms with Crippen LogP contribution in [0, 0.1) is 0 Å². The van der Waals surface area contributed by atoms with E-state index in [0.717, 1.165) is 6.42 Å². The van der Waals surface area contributed by atoms with Crippen molar-refractivity contribution in [1.29, 1.82) is 0 Å². The maximum Gasteiger partial charge on any atom is -0.00138 e. The smallest absolute Gasteiger partial charge is 0.00138 e. The average Bonchev–Trinajstić information content (AvgIpc) is 2.57. The van der Waals surface area contributed by atoms with E-state index in [1.807, 2.05) is 26.0 Å². The van der Waals surface area contributed by atoms with Gasteiger partial charge in [0.1, 0.15) is 0 Å². The van der Waals surface area contributed by atoms with E-state index in [9.17, 15) is 0 Å². The lowest BCUT2D eigenvalue weighted by molar-refractivity contribution is 1.24. The Hall–Kier alpha value is -1.56. The third-order valence-electron chi connectivity index (χ3n) is 2.51. The molecular formula is C15H18. The van der Waals surface area contributed by atoms with Gasteiger partial charge in [0, 0.05) is 0 Å². The molecule has 1 rings (SSSR count). The second-order valence-corrected chi connectivity index (χ2v) is 3.46. The lowest BCUT2D eigenvalue weighted by Crippen LogP contribution is -1.81. The van der Waals surface area contributed by atoms with E-state index in [0.29, 0.717) is 0 Å². The number of hydrogen-bond acceptors (Lipinski definition) is 0. The SMILES string of the molecule is C=CC1=C(C=C)C(/C=C\C)=C(/C=C\C)C1. The van der Waals surface area contributed by atoms with E-state index in [1.165, 1.54) is 22.3 Å². The van der Waals surface area contributed by atoms with Crippen LogP contribution < -0.4 is 0 Å². The molecule has 0 fully saturated rings. The van der Waals surface area contributed by atoms with E-state index in [2.05, 4.69) is 37.5 Å². The van der Waals surface area contributed by atoms with E-state index >= 15 is 0 Å². The molecule has 0 saturated heterocycles. The van der Waals surface area contributed by atoms with Crippen LogP contribution in [0.15, 0.2) is 71.9 Å². The summed E-state index contributed by atoms with van der Waals surface area (Å²) in [5.74, 6) is 0. The quantitative estimate of drug-likeness (QED) is 0.623. The van der Waals surface area contributed by atoms with Crippen LogP contribution in [0.25, 0.3) is 0 Å². The molecule has 0 aromatic carbocycles. The molecule has 78 valence electrons. The summed E-state index contributed by atoms with van der Waals surface area (Å²) in [6.07, 6.45) is 13.3. The second kappa shape index (κ2) is 5.35. The van der Waals surface area contributed by atoms with Crippen LogP contribution >= 0.6 is 0 Å². The van der Waals surface area contributed by atoms with Crippen molar-refractivity contribution in [1.82, 2.24) is 0 Å². The fraction of sp³-hybridized carbons (Fsp3) is 0.200. The molecule has 15 heavy (non-hydrogen) atoms. The van der Waals surface area contributed by atoms with Crippen molar-refractivity contribution >= 4 is 0 Å². The van der Waals surface area contributed by atoms with Crippen molar-refractivity contribution in [3.05, 3.63) is 71.9 Å². The Bertz CT molecular complexity index is 384. The van der Waals surface area contributed by atoms with Gasteiger partial charge in [-0.15, -0.1) is 0 Å². The molecule has 1 aliphatic rings. The maximum atomic E-state index is 3.87. The molecule has 0 N–H and O–H groups in total. The van der Waals surface area contributed by atoms with Gasteiger partial charge in [0.2, 0.25) is 0 Å². The predicted molar refractivity (Wildman–Crippen MR) is 68.7 cm³/mol. The van der Waals surface area contributed by atoms with Crippen LogP contribution in [-0.4, -0.2) is 0 Å². The van der Waals surface area contributed by atoms with Crippen molar-refractivity contribution < 1.29 is 0 Å². The number of rotatable bonds is 4. The minimum atomic E-state index is 0.967. The second-order valence-electron chi connectivity index (χ2n) is 3.46. The maximum absolute atomic E-state index is 3.87. The van der Waals surface area contributed by atoms with Crippen molar-refractivity contribution in [3.63, 3.8) is 0 Å². The normalized spacial score (nSPS) is 17.2. The predicted octanol–water partition coefficient (Wildman–Crippen LogP) is 4.51. The fourth-order valence-corrected chi connectivity index (χ4v) is 1.88. The molecule has 0 aromatic rings. The lowest BCUT2D eigenvalue weighted by Gasteiger charge is -2.00. The molecule has 0 aromatic heterocycles. The monoisotopic (exact) mass is 198 g/mol. The molecule has 0 bridgehead atoms. The topological polar surface area (TPSA) is 0 Å². The molecular weight excluding hydrogens is 180 g/mol. The van der Waals surface area contributed by atoms with Crippen LogP contribution in [0.3, 0.4) is 0 Å². The Morgan fingerprint density at radius 2 is 1.53 bits per heavy atom. The molecule has 0 radical (unpaired) electrons. The minimum Gasteiger partial charge on any atom is -0.0988 e. The lowest BCUT2D eigenvalue weighted by atomic mass is 10.0. The van der Waals surface area contributed by atoms with Gasteiger partial charge in [0.15, 0.2) is 0 Å². The first kappa shape index (κ1) is 11.5. The van der Waals surface area contributed by atoms with Crippen LogP contribution in [0.4, 0.5) is 0 Å². The van der Waals surface area contributed by atoms with Crippen LogP contribution in [-0.2, 0) is 0 Å². The van der Waals surface area contributed by atoms with E-state index in [1.54, 1.807) is 0 Å². The van der Waals surface area contributed by atoms with E-state index in [-0.39, 0.29) is 0 Å². The highest BCUT2D eigenvalue weighted by Gasteiger charge is 2.16. The van der Waals surface area contributed by atoms with Gasteiger partial charge in [-0.05, 0) is 42.6 Å². The van der Waals surface area contributed by atoms with Crippen LogP contribution in [0.5, 0.6) is 0 Å². The summed E-state index contributed by atoms with van der Waals surface area (Å²) in [6, 6.07) is 0. The molecule has 0 heterocycles. The zero-order valence-electron chi connectivity index (χ0n) is 9.59. The molecule has 0 atom stereocenters. The van der Waals surface area contributed by atoms with Gasteiger partial charge in [0.05, 0.1) is 0 Å². The summed E-state index contributed by atoms with van der Waals surface area (Å²) in [7, 11) is 0. The van der Waals surface area contributed by atoms with Gasteiger partial charge in [-0.3, -0.25) is 0 Å². The number of allylic oxidation sites excluding steroid dienone is 10. The Kier molecular flexibility index (Phi) is 4.11. The van der Waals surface area contributed by atoms with E-state index in [4.69, 9.17) is 0 Å². The van der Waals surface area contributed by atoms with Gasteiger partial charge in [-0.25, -0.2) is 0 Å². The first-order chi connectivity index (χ1) is 7.28. The van der Waals surface area contributed by atoms with Gasteiger partial charge >= 0.3 is 0 Å². The Labute approximate surface area is 92.7 Å². The molecule has 0 heteroatoms. The third-order valence-corrected chi connectivity index (χ3v) is 2.51. The number of hydrogen-bond donors (Lipinski definition) is 0. The zero-order chi connectivity index (χ0) is 11.3. The molecule has 0 unspecified atom stereocenters. The van der Waals surface area contributed by atoms with Crippen LogP contribution in [0.1, 0.15) is 20.3 Å². The van der Waals surface area contributed by atoms with Gasteiger partial charge < -0.3 is 0 Å². The molecule has 0 nitrogen and oxygen atoms in total. The summed E-state index contributed by atoms with van der Waals surface area (Å²) in [6.45, 7) is 11.8. The highest BCUT2D eigenvalue weighted by molar-refractivity contribution is 5.62. The van der Waals surface area contributed by atoms with Gasteiger partial charge in [0.25, 0.3) is 0 Å². The Balaban J connectivity index is 3.24. The summed E-state index contributed by atoms with van der Waals surface area (Å²) in [5.41, 5.74) is 5.11. The van der Waals surface area contributed by atoms with Gasteiger partial charge in [-0.2, -0.15) is 0 Å². The first-order valence-corrected chi connectivity index (χ1v) is 5.25. The minimum absolute atomic E-state index is 0.967. The average molecular weight is 198 g/mol. The molecule has 0 aliphatic heterocycles. The first-order valence-electron chi connectivity index (χ1n) is 5.25. The zero-order valence-corrected chi connectivity index (χ0v) is 9.59. The summed E-state index contributed by atoms with van der Waals surface area (Å²) < 4.78 is 0. The van der Waals surface area contributed by atoms with Crippen molar-refractivity contribution in [2.24, 2.45) is 0 Å². The summed E-state index contributed by atoms with van der Waals surface area (Å²) in [5, 5.41) is 0. The standard InChI is InChI=1S/C15H18/c1-5-9-13-11-12(7-3)14(8-4)15(13)10-6-2/h5-10H,3-4,11H2,1-2H3/b9-5-,10-6-. The van der Waals surface area contributed by atoms with Crippen molar-refractivity contribution in [2.75, 3.05) is 0 Å². The highest BCUT2D eigenvalue weighted by atomic mass is 14.2. The summed E-state index contributed by atoms with van der Waals surface area (Å²) in [4.78, 5) is 0. The highest BCUT2D eigenvalue weighted by Crippen LogP contribution is 2.35. The fourth-order valence-electron chi connectivity index (χ4n) is 1.88. The van der Waals surface area contributed by atoms with Crippen LogP contribution in [0.2, 0.25) is 0 Å². The van der Waals surface area contributed by atoms with Crippen molar-refractivity contribution in [2.45, 2.75) is 20.3 Å². The molecule has 1 aliphatic carbocycles. The molecule has 0 spiro atoms. The Morgan fingerprint density at radius 3 is 2.00 bits per heavy atom. The van der Waals surface area contributed by atoms with E-state index < -0.39 is 0 Å². The molecule has 0 saturated carbocycles. The Morgan fingerprint density at radius 1 is 0.867 bits per heavy atom. The molecule has 0 amide bonds. The van der Waals surface area contributed by atoms with Gasteiger partial charge in [-0.1, -0.05) is 49.6 Å². The third kappa shape index (κ3) is 2.27. The van der Waals surface area contributed by atoms with Crippen molar-refractivity contribution in [3.8, 4) is 0 Å². The largest absolute Gasteiger partial charge is 0.0988 e. The summed E-state index contributed by atoms with van der Waals surface area (Å²) >= 11 is 0.